The van der Waals surface area contributed by atoms with Crippen molar-refractivity contribution in [2.75, 3.05) is 6.54 Å². The third kappa shape index (κ3) is 5.08. The maximum atomic E-state index is 12.3. The molecule has 1 amide bonds. The monoisotopic (exact) mass is 358 g/mol. The number of carbonyl (C=O) groups is 1. The molecule has 3 rings (SSSR count). The Morgan fingerprint density at radius 1 is 1.28 bits per heavy atom. The second-order valence-electron chi connectivity index (χ2n) is 6.84. The minimum absolute atomic E-state index is 0.0669. The van der Waals surface area contributed by atoms with Crippen LogP contribution in [0.2, 0.25) is 0 Å². The van der Waals surface area contributed by atoms with Crippen LogP contribution in [0.1, 0.15) is 44.6 Å². The van der Waals surface area contributed by atoms with Crippen molar-refractivity contribution in [1.29, 1.82) is 0 Å². The standard InChI is InChI=1S/C19H26N4OS/c1-13-8-10-16(11-9-13)17-21-19(23-22-17)25-14(2)18(24)20-12-15-6-4-3-5-7-15/h8-11,14-15H,3-7,12H2,1-2H3,(H,20,24)(H,21,22,23)/t14-/m0/s1. The SMILES string of the molecule is Cc1ccc(-c2nc(S[C@@H](C)C(=O)NCC3CCCCC3)n[nH]2)cc1. The first kappa shape index (κ1) is 18.0. The molecule has 0 radical (unpaired) electrons. The first-order chi connectivity index (χ1) is 12.1. The van der Waals surface area contributed by atoms with Gasteiger partial charge < -0.3 is 5.32 Å². The van der Waals surface area contributed by atoms with Gasteiger partial charge in [-0.15, -0.1) is 5.10 Å². The van der Waals surface area contributed by atoms with Crippen LogP contribution >= 0.6 is 11.8 Å². The number of hydrogen-bond acceptors (Lipinski definition) is 4. The molecule has 0 bridgehead atoms. The van der Waals surface area contributed by atoms with Crippen LogP contribution < -0.4 is 5.32 Å². The molecular weight excluding hydrogens is 332 g/mol. The van der Waals surface area contributed by atoms with Crippen molar-refractivity contribution < 1.29 is 4.79 Å². The summed E-state index contributed by atoms with van der Waals surface area (Å²) in [5.41, 5.74) is 2.21. The molecule has 25 heavy (non-hydrogen) atoms. The molecule has 6 heteroatoms. The van der Waals surface area contributed by atoms with Gasteiger partial charge in [-0.3, -0.25) is 9.89 Å². The highest BCUT2D eigenvalue weighted by Crippen LogP contribution is 2.24. The van der Waals surface area contributed by atoms with Gasteiger partial charge >= 0.3 is 0 Å². The van der Waals surface area contributed by atoms with Crippen LogP contribution in [0.4, 0.5) is 0 Å². The summed E-state index contributed by atoms with van der Waals surface area (Å²) >= 11 is 1.39. The average Bonchev–Trinajstić information content (AvgIpc) is 3.09. The lowest BCUT2D eigenvalue weighted by Gasteiger charge is -2.22. The molecule has 0 spiro atoms. The number of aromatic amines is 1. The van der Waals surface area contributed by atoms with Gasteiger partial charge in [0.05, 0.1) is 5.25 Å². The third-order valence-electron chi connectivity index (χ3n) is 4.73. The van der Waals surface area contributed by atoms with Gasteiger partial charge in [0.2, 0.25) is 11.1 Å². The number of benzene rings is 1. The van der Waals surface area contributed by atoms with Crippen LogP contribution in [0.3, 0.4) is 0 Å². The number of hydrogen-bond donors (Lipinski definition) is 2. The fraction of sp³-hybridized carbons (Fsp3) is 0.526. The predicted molar refractivity (Wildman–Crippen MR) is 101 cm³/mol. The number of thioether (sulfide) groups is 1. The lowest BCUT2D eigenvalue weighted by Crippen LogP contribution is -2.35. The van der Waals surface area contributed by atoms with Crippen molar-refractivity contribution in [2.24, 2.45) is 5.92 Å². The molecule has 1 atom stereocenters. The van der Waals surface area contributed by atoms with Crippen LogP contribution in [0, 0.1) is 12.8 Å². The van der Waals surface area contributed by atoms with E-state index in [2.05, 4.69) is 27.4 Å². The molecule has 1 heterocycles. The van der Waals surface area contributed by atoms with Crippen LogP contribution in [-0.4, -0.2) is 32.9 Å². The summed E-state index contributed by atoms with van der Waals surface area (Å²) in [6.07, 6.45) is 6.41. The summed E-state index contributed by atoms with van der Waals surface area (Å²) in [4.78, 5) is 16.8. The number of aryl methyl sites for hydroxylation is 1. The Labute approximate surface area is 153 Å². The first-order valence-electron chi connectivity index (χ1n) is 9.05. The highest BCUT2D eigenvalue weighted by Gasteiger charge is 2.19. The van der Waals surface area contributed by atoms with E-state index in [0.717, 1.165) is 17.9 Å². The quantitative estimate of drug-likeness (QED) is 0.767. The van der Waals surface area contributed by atoms with Gasteiger partial charge in [-0.25, -0.2) is 4.98 Å². The Balaban J connectivity index is 1.51. The van der Waals surface area contributed by atoms with Crippen LogP contribution in [-0.2, 0) is 4.79 Å². The Hall–Kier alpha value is -1.82. The number of amides is 1. The molecule has 1 fully saturated rings. The number of nitrogens with zero attached hydrogens (tertiary/aromatic N) is 2. The fourth-order valence-electron chi connectivity index (χ4n) is 3.13. The highest BCUT2D eigenvalue weighted by molar-refractivity contribution is 8.00. The summed E-state index contributed by atoms with van der Waals surface area (Å²) in [5, 5.41) is 10.7. The van der Waals surface area contributed by atoms with E-state index in [1.165, 1.54) is 49.4 Å². The summed E-state index contributed by atoms with van der Waals surface area (Å²) in [6.45, 7) is 4.76. The summed E-state index contributed by atoms with van der Waals surface area (Å²) in [6, 6.07) is 8.13. The van der Waals surface area contributed by atoms with E-state index in [1.807, 2.05) is 31.2 Å². The van der Waals surface area contributed by atoms with Gasteiger partial charge in [-0.2, -0.15) is 0 Å². The Morgan fingerprint density at radius 3 is 2.72 bits per heavy atom. The van der Waals surface area contributed by atoms with E-state index in [4.69, 9.17) is 0 Å². The lowest BCUT2D eigenvalue weighted by molar-refractivity contribution is -0.120. The molecule has 5 nitrogen and oxygen atoms in total. The normalized spacial score (nSPS) is 16.6. The van der Waals surface area contributed by atoms with Gasteiger partial charge in [0, 0.05) is 12.1 Å². The number of H-pyrrole nitrogens is 1. The van der Waals surface area contributed by atoms with E-state index in [1.54, 1.807) is 0 Å². The van der Waals surface area contributed by atoms with Gasteiger partial charge in [0.1, 0.15) is 0 Å². The third-order valence-corrected chi connectivity index (χ3v) is 5.69. The molecule has 1 aliphatic rings. The molecule has 2 N–H and O–H groups in total. The number of nitrogens with one attached hydrogen (secondary N) is 2. The van der Waals surface area contributed by atoms with E-state index in [0.29, 0.717) is 11.1 Å². The Kier molecular flexibility index (Phi) is 6.13. The first-order valence-corrected chi connectivity index (χ1v) is 9.93. The number of aromatic nitrogens is 3. The maximum Gasteiger partial charge on any atom is 0.233 e. The molecule has 0 unspecified atom stereocenters. The summed E-state index contributed by atoms with van der Waals surface area (Å²) < 4.78 is 0. The van der Waals surface area contributed by atoms with E-state index in [9.17, 15) is 4.79 Å². The topological polar surface area (TPSA) is 70.7 Å². The summed E-state index contributed by atoms with van der Waals surface area (Å²) in [5.74, 6) is 1.45. The van der Waals surface area contributed by atoms with E-state index in [-0.39, 0.29) is 11.2 Å². The van der Waals surface area contributed by atoms with E-state index < -0.39 is 0 Å². The predicted octanol–water partition coefficient (Wildman–Crippen LogP) is 3.96. The zero-order valence-electron chi connectivity index (χ0n) is 14.9. The van der Waals surface area contributed by atoms with Crippen molar-refractivity contribution in [2.45, 2.75) is 56.4 Å². The number of rotatable bonds is 6. The lowest BCUT2D eigenvalue weighted by atomic mass is 9.89. The van der Waals surface area contributed by atoms with Crippen LogP contribution in [0.15, 0.2) is 29.4 Å². The zero-order valence-corrected chi connectivity index (χ0v) is 15.7. The van der Waals surface area contributed by atoms with Gasteiger partial charge in [0.15, 0.2) is 5.82 Å². The molecule has 134 valence electrons. The van der Waals surface area contributed by atoms with Crippen molar-refractivity contribution in [3.05, 3.63) is 29.8 Å². The minimum atomic E-state index is -0.203. The number of carbonyl (C=O) groups excluding carboxylic acids is 1. The molecular formula is C19H26N4OS. The summed E-state index contributed by atoms with van der Waals surface area (Å²) in [7, 11) is 0. The highest BCUT2D eigenvalue weighted by atomic mass is 32.2. The second kappa shape index (κ2) is 8.52. The van der Waals surface area contributed by atoms with Crippen molar-refractivity contribution in [3.63, 3.8) is 0 Å². The van der Waals surface area contributed by atoms with Crippen molar-refractivity contribution in [1.82, 2.24) is 20.5 Å². The molecule has 1 aromatic carbocycles. The Morgan fingerprint density at radius 2 is 2.00 bits per heavy atom. The zero-order chi connectivity index (χ0) is 17.6. The average molecular weight is 359 g/mol. The molecule has 0 saturated heterocycles. The maximum absolute atomic E-state index is 12.3. The van der Waals surface area contributed by atoms with Gasteiger partial charge in [0.25, 0.3) is 0 Å². The fourth-order valence-corrected chi connectivity index (χ4v) is 3.88. The molecule has 2 aromatic rings. The Bertz CT molecular complexity index is 692. The van der Waals surface area contributed by atoms with Crippen LogP contribution in [0.5, 0.6) is 0 Å². The molecule has 0 aliphatic heterocycles. The van der Waals surface area contributed by atoms with Gasteiger partial charge in [-0.1, -0.05) is 60.9 Å². The van der Waals surface area contributed by atoms with Crippen LogP contribution in [0.25, 0.3) is 11.4 Å². The van der Waals surface area contributed by atoms with Crippen molar-refractivity contribution >= 4 is 17.7 Å². The molecule has 1 aromatic heterocycles. The van der Waals surface area contributed by atoms with Gasteiger partial charge in [-0.05, 0) is 32.6 Å². The largest absolute Gasteiger partial charge is 0.355 e. The second-order valence-corrected chi connectivity index (χ2v) is 8.15. The smallest absolute Gasteiger partial charge is 0.233 e. The molecule has 1 aliphatic carbocycles. The molecule has 1 saturated carbocycles. The van der Waals surface area contributed by atoms with Crippen molar-refractivity contribution in [3.8, 4) is 11.4 Å². The van der Waals surface area contributed by atoms with E-state index >= 15 is 0 Å². The minimum Gasteiger partial charge on any atom is -0.355 e.